The van der Waals surface area contributed by atoms with E-state index in [2.05, 4.69) is 66.0 Å². The first-order valence-electron chi connectivity index (χ1n) is 12.2. The molecule has 2 aromatic heterocycles. The predicted octanol–water partition coefficient (Wildman–Crippen LogP) is 7.55. The Morgan fingerprint density at radius 1 is 0.865 bits per heavy atom. The monoisotopic (exact) mass is 483 g/mol. The van der Waals surface area contributed by atoms with E-state index in [4.69, 9.17) is 4.98 Å². The van der Waals surface area contributed by atoms with Crippen molar-refractivity contribution in [3.8, 4) is 23.1 Å². The van der Waals surface area contributed by atoms with E-state index in [1.54, 1.807) is 12.3 Å². The van der Waals surface area contributed by atoms with Gasteiger partial charge in [0.15, 0.2) is 5.75 Å². The van der Waals surface area contributed by atoms with Crippen molar-refractivity contribution < 1.29 is 5.11 Å². The molecule has 0 aliphatic carbocycles. The smallest absolute Gasteiger partial charge is 0.159 e. The Labute approximate surface area is 215 Å². The molecule has 5 aromatic rings. The van der Waals surface area contributed by atoms with Gasteiger partial charge in [0.1, 0.15) is 17.4 Å². The highest BCUT2D eigenvalue weighted by molar-refractivity contribution is 5.98. The highest BCUT2D eigenvalue weighted by atomic mass is 16.3. The van der Waals surface area contributed by atoms with Crippen molar-refractivity contribution in [3.63, 3.8) is 0 Å². The average Bonchev–Trinajstić information content (AvgIpc) is 2.93. The third kappa shape index (κ3) is 3.56. The van der Waals surface area contributed by atoms with Crippen LogP contribution in [0.2, 0.25) is 0 Å². The fraction of sp³-hybridized carbons (Fsp3) is 0.129. The van der Waals surface area contributed by atoms with E-state index >= 15 is 0 Å². The first-order valence-corrected chi connectivity index (χ1v) is 12.2. The van der Waals surface area contributed by atoms with Crippen LogP contribution in [0.15, 0.2) is 85.1 Å². The number of anilines is 5. The molecule has 0 bridgehead atoms. The van der Waals surface area contributed by atoms with Gasteiger partial charge in [-0.25, -0.2) is 9.97 Å². The first kappa shape index (κ1) is 22.6. The van der Waals surface area contributed by atoms with Crippen LogP contribution < -0.4 is 9.80 Å². The van der Waals surface area contributed by atoms with Crippen LogP contribution in [0.5, 0.6) is 5.75 Å². The first-order chi connectivity index (χ1) is 18.0. The summed E-state index contributed by atoms with van der Waals surface area (Å²) in [5.74, 6) is 0.936. The molecule has 0 spiro atoms. The third-order valence-electron chi connectivity index (χ3n) is 6.96. The summed E-state index contributed by atoms with van der Waals surface area (Å²) in [6.07, 6.45) is 1.80. The highest BCUT2D eigenvalue weighted by Crippen LogP contribution is 2.51. The zero-order chi connectivity index (χ0) is 25.7. The number of para-hydroxylation sites is 2. The van der Waals surface area contributed by atoms with Gasteiger partial charge in [0.25, 0.3) is 0 Å². The van der Waals surface area contributed by atoms with Crippen molar-refractivity contribution in [1.29, 1.82) is 5.26 Å². The Bertz CT molecular complexity index is 1710. The van der Waals surface area contributed by atoms with Crippen LogP contribution >= 0.6 is 0 Å². The summed E-state index contributed by atoms with van der Waals surface area (Å²) in [5.41, 5.74) is 7.47. The third-order valence-corrected chi connectivity index (χ3v) is 6.96. The lowest BCUT2D eigenvalue weighted by Crippen LogP contribution is -2.24. The molecule has 0 atom stereocenters. The van der Waals surface area contributed by atoms with Gasteiger partial charge in [-0.2, -0.15) is 5.26 Å². The van der Waals surface area contributed by atoms with Crippen molar-refractivity contribution in [1.82, 2.24) is 9.97 Å². The molecule has 0 radical (unpaired) electrons. The molecule has 37 heavy (non-hydrogen) atoms. The Kier molecular flexibility index (Phi) is 5.27. The number of phenols is 1. The Morgan fingerprint density at radius 3 is 2.35 bits per heavy atom. The number of hydrogen-bond acceptors (Lipinski definition) is 6. The molecule has 0 fully saturated rings. The zero-order valence-electron chi connectivity index (χ0n) is 20.8. The quantitative estimate of drug-likeness (QED) is 0.285. The number of nitrogens with zero attached hydrogens (tertiary/aromatic N) is 5. The summed E-state index contributed by atoms with van der Waals surface area (Å²) < 4.78 is 0. The summed E-state index contributed by atoms with van der Waals surface area (Å²) >= 11 is 0. The standard InChI is InChI=1S/C31H25N5O/c1-19(2)23-16-21(18-32)31(37)30-22(23)12-13-24(34-30)20-11-14-26-28(17-20)36(29-10-6-7-15-33-29)27-9-5-4-8-25(27)35(26)3/h4-17,19,37H,1-3H3. The van der Waals surface area contributed by atoms with E-state index in [1.807, 2.05) is 48.5 Å². The van der Waals surface area contributed by atoms with E-state index in [9.17, 15) is 10.4 Å². The van der Waals surface area contributed by atoms with Crippen molar-refractivity contribution in [3.05, 3.63) is 96.2 Å². The zero-order valence-corrected chi connectivity index (χ0v) is 20.8. The van der Waals surface area contributed by atoms with E-state index in [1.165, 1.54) is 0 Å². The maximum Gasteiger partial charge on any atom is 0.159 e. The van der Waals surface area contributed by atoms with Gasteiger partial charge in [-0.1, -0.05) is 44.2 Å². The lowest BCUT2D eigenvalue weighted by atomic mass is 9.94. The lowest BCUT2D eigenvalue weighted by molar-refractivity contribution is 0.478. The minimum absolute atomic E-state index is 0.0783. The summed E-state index contributed by atoms with van der Waals surface area (Å²) in [6.45, 7) is 4.15. The molecule has 6 rings (SSSR count). The molecule has 3 heterocycles. The van der Waals surface area contributed by atoms with Crippen LogP contribution in [-0.4, -0.2) is 22.1 Å². The number of nitriles is 1. The summed E-state index contributed by atoms with van der Waals surface area (Å²) in [6, 6.07) is 28.3. The number of hydrogen-bond donors (Lipinski definition) is 1. The summed E-state index contributed by atoms with van der Waals surface area (Å²) in [7, 11) is 2.07. The van der Waals surface area contributed by atoms with Gasteiger partial charge in [-0.15, -0.1) is 0 Å². The van der Waals surface area contributed by atoms with Crippen molar-refractivity contribution >= 4 is 39.5 Å². The molecule has 6 heteroatoms. The van der Waals surface area contributed by atoms with Crippen LogP contribution in [0.3, 0.4) is 0 Å². The molecular weight excluding hydrogens is 458 g/mol. The van der Waals surface area contributed by atoms with E-state index in [0.717, 1.165) is 50.8 Å². The Hall–Kier alpha value is -4.89. The lowest BCUT2D eigenvalue weighted by Gasteiger charge is -2.38. The van der Waals surface area contributed by atoms with Crippen LogP contribution in [-0.2, 0) is 0 Å². The van der Waals surface area contributed by atoms with Crippen molar-refractivity contribution in [2.75, 3.05) is 16.8 Å². The van der Waals surface area contributed by atoms with E-state index < -0.39 is 0 Å². The van der Waals surface area contributed by atoms with Gasteiger partial charge in [-0.05, 0) is 60.0 Å². The van der Waals surface area contributed by atoms with Gasteiger partial charge in [0.05, 0.1) is 34.0 Å². The normalized spacial score (nSPS) is 12.4. The second-order valence-electron chi connectivity index (χ2n) is 9.50. The van der Waals surface area contributed by atoms with Gasteiger partial charge in [0.2, 0.25) is 0 Å². The largest absolute Gasteiger partial charge is 0.504 e. The maximum atomic E-state index is 10.8. The van der Waals surface area contributed by atoms with Crippen molar-refractivity contribution in [2.45, 2.75) is 19.8 Å². The molecular formula is C31H25N5O. The van der Waals surface area contributed by atoms with Gasteiger partial charge < -0.3 is 10.0 Å². The molecule has 3 aromatic carbocycles. The number of phenolic OH excluding ortho intramolecular Hbond substituents is 1. The molecule has 0 saturated carbocycles. The van der Waals surface area contributed by atoms with E-state index in [0.29, 0.717) is 5.52 Å². The predicted molar refractivity (Wildman–Crippen MR) is 148 cm³/mol. The molecule has 1 aliphatic heterocycles. The Balaban J connectivity index is 1.56. The highest BCUT2D eigenvalue weighted by Gasteiger charge is 2.28. The fourth-order valence-electron chi connectivity index (χ4n) is 5.10. The molecule has 0 unspecified atom stereocenters. The number of aromatic nitrogens is 2. The Morgan fingerprint density at radius 2 is 1.62 bits per heavy atom. The van der Waals surface area contributed by atoms with E-state index in [-0.39, 0.29) is 17.2 Å². The van der Waals surface area contributed by atoms with Crippen LogP contribution in [0.1, 0.15) is 30.9 Å². The molecule has 0 saturated heterocycles. The number of aromatic hydroxyl groups is 1. The molecule has 1 aliphatic rings. The molecule has 6 nitrogen and oxygen atoms in total. The minimum atomic E-state index is -0.0783. The summed E-state index contributed by atoms with van der Waals surface area (Å²) in [4.78, 5) is 13.9. The number of fused-ring (bicyclic) bond motifs is 3. The van der Waals surface area contributed by atoms with Crippen LogP contribution in [0, 0.1) is 11.3 Å². The second-order valence-corrected chi connectivity index (χ2v) is 9.50. The number of pyridine rings is 2. The van der Waals surface area contributed by atoms with Gasteiger partial charge in [-0.3, -0.25) is 4.90 Å². The topological polar surface area (TPSA) is 76.3 Å². The average molecular weight is 484 g/mol. The maximum absolute atomic E-state index is 10.8. The summed E-state index contributed by atoms with van der Waals surface area (Å²) in [5, 5.41) is 21.3. The SMILES string of the molecule is CC(C)c1cc(C#N)c(O)c2nc(-c3ccc4c(c3)N(c3ccccn3)c3ccccc3N4C)ccc12. The van der Waals surface area contributed by atoms with Crippen LogP contribution in [0.4, 0.5) is 28.6 Å². The minimum Gasteiger partial charge on any atom is -0.504 e. The van der Waals surface area contributed by atoms with Gasteiger partial charge >= 0.3 is 0 Å². The fourth-order valence-corrected chi connectivity index (χ4v) is 5.10. The molecule has 180 valence electrons. The molecule has 1 N–H and O–H groups in total. The van der Waals surface area contributed by atoms with Crippen LogP contribution in [0.25, 0.3) is 22.2 Å². The van der Waals surface area contributed by atoms with Crippen molar-refractivity contribution in [2.24, 2.45) is 0 Å². The number of rotatable bonds is 3. The number of benzene rings is 3. The molecule has 0 amide bonds. The van der Waals surface area contributed by atoms with Gasteiger partial charge in [0, 0.05) is 24.2 Å². The second kappa shape index (κ2) is 8.65.